The molecule has 0 saturated heterocycles. The van der Waals surface area contributed by atoms with E-state index in [4.69, 9.17) is 23.2 Å². The van der Waals surface area contributed by atoms with Crippen LogP contribution in [-0.2, 0) is 6.54 Å². The van der Waals surface area contributed by atoms with Crippen molar-refractivity contribution in [2.75, 3.05) is 5.32 Å². The van der Waals surface area contributed by atoms with Gasteiger partial charge in [-0.3, -0.25) is 0 Å². The largest absolute Gasteiger partial charge is 0.504 e. The number of carbonyl (C=O) groups is 1. The minimum atomic E-state index is -0.452. The third-order valence-electron chi connectivity index (χ3n) is 2.98. The zero-order valence-corrected chi connectivity index (χ0v) is 12.8. The summed E-state index contributed by atoms with van der Waals surface area (Å²) in [7, 11) is 0. The molecule has 0 aromatic heterocycles. The van der Waals surface area contributed by atoms with Gasteiger partial charge in [0, 0.05) is 11.6 Å². The third kappa shape index (κ3) is 4.03. The number of phenolic OH excluding ortho intramolecular Hbond substituents is 1. The van der Waals surface area contributed by atoms with Gasteiger partial charge in [0.05, 0.1) is 10.7 Å². The van der Waals surface area contributed by atoms with Gasteiger partial charge in [0.1, 0.15) is 0 Å². The third-order valence-corrected chi connectivity index (χ3v) is 3.48. The normalized spacial score (nSPS) is 10.2. The summed E-state index contributed by atoms with van der Waals surface area (Å²) < 4.78 is 0. The van der Waals surface area contributed by atoms with E-state index in [0.29, 0.717) is 11.6 Å². The van der Waals surface area contributed by atoms with Crippen LogP contribution in [0.2, 0.25) is 10.0 Å². The highest BCUT2D eigenvalue weighted by molar-refractivity contribution is 6.36. The molecule has 0 saturated carbocycles. The minimum Gasteiger partial charge on any atom is -0.504 e. The molecule has 0 unspecified atom stereocenters. The fourth-order valence-corrected chi connectivity index (χ4v) is 2.31. The number of phenols is 1. The van der Waals surface area contributed by atoms with Crippen LogP contribution in [0, 0.1) is 6.92 Å². The summed E-state index contributed by atoms with van der Waals surface area (Å²) in [6, 6.07) is 10.1. The van der Waals surface area contributed by atoms with Gasteiger partial charge in [0.2, 0.25) is 0 Å². The summed E-state index contributed by atoms with van der Waals surface area (Å²) in [4.78, 5) is 11.9. The van der Waals surface area contributed by atoms with Gasteiger partial charge in [0.15, 0.2) is 5.75 Å². The number of hydrogen-bond donors (Lipinski definition) is 3. The van der Waals surface area contributed by atoms with Crippen LogP contribution in [0.5, 0.6) is 5.75 Å². The number of hydrogen-bond acceptors (Lipinski definition) is 2. The maximum absolute atomic E-state index is 11.9. The van der Waals surface area contributed by atoms with E-state index in [1.54, 1.807) is 0 Å². The molecule has 0 heterocycles. The number of halogens is 2. The van der Waals surface area contributed by atoms with E-state index in [2.05, 4.69) is 10.6 Å². The molecule has 0 spiro atoms. The Bertz CT molecular complexity index is 675. The van der Waals surface area contributed by atoms with Gasteiger partial charge in [-0.25, -0.2) is 4.79 Å². The molecule has 0 atom stereocenters. The molecular weight excluding hydrogens is 311 g/mol. The number of aryl methyl sites for hydroxylation is 1. The fraction of sp³-hybridized carbons (Fsp3) is 0.133. The topological polar surface area (TPSA) is 61.4 Å². The molecule has 0 bridgehead atoms. The monoisotopic (exact) mass is 324 g/mol. The molecule has 3 N–H and O–H groups in total. The zero-order valence-electron chi connectivity index (χ0n) is 11.3. The average Bonchev–Trinajstić information content (AvgIpc) is 2.43. The lowest BCUT2D eigenvalue weighted by atomic mass is 10.1. The summed E-state index contributed by atoms with van der Waals surface area (Å²) in [5.41, 5.74) is 2.27. The van der Waals surface area contributed by atoms with Crippen molar-refractivity contribution in [2.45, 2.75) is 13.5 Å². The lowest BCUT2D eigenvalue weighted by Gasteiger charge is -2.11. The maximum atomic E-state index is 11.9. The number of aromatic hydroxyl groups is 1. The number of benzene rings is 2. The predicted octanol–water partition coefficient (Wildman–Crippen LogP) is 4.33. The summed E-state index contributed by atoms with van der Waals surface area (Å²) in [5.74, 6) is -0.216. The number of urea groups is 1. The van der Waals surface area contributed by atoms with Gasteiger partial charge in [0.25, 0.3) is 0 Å². The van der Waals surface area contributed by atoms with Gasteiger partial charge in [-0.15, -0.1) is 0 Å². The van der Waals surface area contributed by atoms with Crippen LogP contribution in [0.4, 0.5) is 10.5 Å². The van der Waals surface area contributed by atoms with E-state index in [9.17, 15) is 9.90 Å². The highest BCUT2D eigenvalue weighted by Crippen LogP contribution is 2.34. The Morgan fingerprint density at radius 3 is 2.67 bits per heavy atom. The Hall–Kier alpha value is -1.91. The lowest BCUT2D eigenvalue weighted by Crippen LogP contribution is -2.28. The molecule has 4 nitrogen and oxygen atoms in total. The fourth-order valence-electron chi connectivity index (χ4n) is 1.81. The van der Waals surface area contributed by atoms with Crippen LogP contribution < -0.4 is 10.6 Å². The van der Waals surface area contributed by atoms with Crippen molar-refractivity contribution in [2.24, 2.45) is 0 Å². The Balaban J connectivity index is 2.01. The highest BCUT2D eigenvalue weighted by atomic mass is 35.5. The van der Waals surface area contributed by atoms with Crippen LogP contribution in [-0.4, -0.2) is 11.1 Å². The molecule has 2 amide bonds. The number of nitrogens with one attached hydrogen (secondary N) is 2. The van der Waals surface area contributed by atoms with E-state index in [0.717, 1.165) is 11.1 Å². The van der Waals surface area contributed by atoms with E-state index in [1.807, 2.05) is 31.2 Å². The smallest absolute Gasteiger partial charge is 0.319 e. The van der Waals surface area contributed by atoms with Crippen molar-refractivity contribution in [3.63, 3.8) is 0 Å². The van der Waals surface area contributed by atoms with Crippen LogP contribution in [0.1, 0.15) is 11.1 Å². The second kappa shape index (κ2) is 6.70. The quantitative estimate of drug-likeness (QED) is 0.736. The summed E-state index contributed by atoms with van der Waals surface area (Å²) in [6.45, 7) is 2.35. The molecule has 0 fully saturated rings. The Labute approximate surface area is 132 Å². The second-order valence-electron chi connectivity index (χ2n) is 4.52. The molecular formula is C15H14Cl2N2O2. The molecule has 110 valence electrons. The van der Waals surface area contributed by atoms with Crippen LogP contribution >= 0.6 is 23.2 Å². The van der Waals surface area contributed by atoms with Crippen LogP contribution in [0.15, 0.2) is 36.4 Å². The van der Waals surface area contributed by atoms with Crippen molar-refractivity contribution < 1.29 is 9.90 Å². The number of anilines is 1. The molecule has 0 aliphatic rings. The highest BCUT2D eigenvalue weighted by Gasteiger charge is 2.11. The Morgan fingerprint density at radius 1 is 1.24 bits per heavy atom. The molecule has 0 aliphatic heterocycles. The minimum absolute atomic E-state index is 0.0803. The first-order chi connectivity index (χ1) is 9.97. The van der Waals surface area contributed by atoms with E-state index < -0.39 is 6.03 Å². The van der Waals surface area contributed by atoms with Crippen molar-refractivity contribution in [3.05, 3.63) is 57.6 Å². The predicted molar refractivity (Wildman–Crippen MR) is 85.2 cm³/mol. The van der Waals surface area contributed by atoms with E-state index in [1.165, 1.54) is 12.1 Å². The summed E-state index contributed by atoms with van der Waals surface area (Å²) in [6.07, 6.45) is 0. The van der Waals surface area contributed by atoms with Gasteiger partial charge in [-0.2, -0.15) is 0 Å². The number of carbonyl (C=O) groups excluding carboxylic acids is 1. The van der Waals surface area contributed by atoms with Gasteiger partial charge < -0.3 is 15.7 Å². The number of amides is 2. The van der Waals surface area contributed by atoms with Gasteiger partial charge in [-0.05, 0) is 30.2 Å². The van der Waals surface area contributed by atoms with Crippen molar-refractivity contribution in [3.8, 4) is 5.75 Å². The zero-order chi connectivity index (χ0) is 15.4. The van der Waals surface area contributed by atoms with E-state index in [-0.39, 0.29) is 16.5 Å². The maximum Gasteiger partial charge on any atom is 0.319 e. The molecule has 21 heavy (non-hydrogen) atoms. The number of rotatable bonds is 3. The second-order valence-corrected chi connectivity index (χ2v) is 5.36. The van der Waals surface area contributed by atoms with Crippen molar-refractivity contribution in [1.29, 1.82) is 0 Å². The first-order valence-electron chi connectivity index (χ1n) is 6.24. The lowest BCUT2D eigenvalue weighted by molar-refractivity contribution is 0.251. The van der Waals surface area contributed by atoms with Gasteiger partial charge in [-0.1, -0.05) is 47.5 Å². The average molecular weight is 325 g/mol. The van der Waals surface area contributed by atoms with Crippen molar-refractivity contribution >= 4 is 34.9 Å². The molecule has 6 heteroatoms. The molecule has 2 rings (SSSR count). The Morgan fingerprint density at radius 2 is 1.95 bits per heavy atom. The standard InChI is InChI=1S/C15H14Cl2N2O2/c1-9-4-2-3-5-10(9)8-18-15(21)19-13-7-11(16)6-12(17)14(13)20/h2-7,20H,8H2,1H3,(H2,18,19,21). The van der Waals surface area contributed by atoms with Gasteiger partial charge >= 0.3 is 6.03 Å². The first-order valence-corrected chi connectivity index (χ1v) is 7.00. The van der Waals surface area contributed by atoms with Crippen LogP contribution in [0.25, 0.3) is 0 Å². The molecule has 0 radical (unpaired) electrons. The summed E-state index contributed by atoms with van der Waals surface area (Å²) >= 11 is 11.6. The molecule has 0 aliphatic carbocycles. The van der Waals surface area contributed by atoms with Crippen molar-refractivity contribution in [1.82, 2.24) is 5.32 Å². The Kier molecular flexibility index (Phi) is 4.94. The molecule has 2 aromatic carbocycles. The molecule has 2 aromatic rings. The SMILES string of the molecule is Cc1ccccc1CNC(=O)Nc1cc(Cl)cc(Cl)c1O. The van der Waals surface area contributed by atoms with Crippen LogP contribution in [0.3, 0.4) is 0 Å². The first kappa shape index (κ1) is 15.5. The summed E-state index contributed by atoms with van der Waals surface area (Å²) in [5, 5.41) is 15.4. The van der Waals surface area contributed by atoms with E-state index >= 15 is 0 Å².